The first-order valence-corrected chi connectivity index (χ1v) is 11.0. The van der Waals surface area contributed by atoms with Crippen molar-refractivity contribution in [2.24, 2.45) is 4.99 Å². The van der Waals surface area contributed by atoms with E-state index in [-0.39, 0.29) is 5.91 Å². The van der Waals surface area contributed by atoms with E-state index < -0.39 is 0 Å². The molecule has 1 aliphatic heterocycles. The van der Waals surface area contributed by atoms with Gasteiger partial charge < -0.3 is 15.6 Å². The van der Waals surface area contributed by atoms with Crippen molar-refractivity contribution >= 4 is 40.5 Å². The predicted octanol–water partition coefficient (Wildman–Crippen LogP) is 4.42. The van der Waals surface area contributed by atoms with E-state index in [9.17, 15) is 4.79 Å². The van der Waals surface area contributed by atoms with Gasteiger partial charge in [-0.3, -0.25) is 4.79 Å². The molecule has 1 aliphatic rings. The number of fused-ring (bicyclic) bond motifs is 2. The lowest BCUT2D eigenvalue weighted by atomic mass is 9.95. The molecule has 1 unspecified atom stereocenters. The van der Waals surface area contributed by atoms with Gasteiger partial charge in [0.05, 0.1) is 15.9 Å². The van der Waals surface area contributed by atoms with Gasteiger partial charge in [-0.15, -0.1) is 11.3 Å². The molecule has 3 aromatic rings. The number of anilines is 2. The Morgan fingerprint density at radius 1 is 1.31 bits per heavy atom. The third-order valence-electron chi connectivity index (χ3n) is 5.39. The van der Waals surface area contributed by atoms with Crippen LogP contribution in [-0.4, -0.2) is 10.5 Å². The number of aromatic nitrogens is 1. The molecule has 2 aromatic heterocycles. The lowest BCUT2D eigenvalue weighted by Gasteiger charge is -2.14. The summed E-state index contributed by atoms with van der Waals surface area (Å²) in [5, 5.41) is 6.70. The maximum Gasteiger partial charge on any atom is 0.266 e. The summed E-state index contributed by atoms with van der Waals surface area (Å²) in [5.41, 5.74) is 9.26. The summed E-state index contributed by atoms with van der Waals surface area (Å²) >= 11 is 1.42. The first kappa shape index (κ1) is 19.5. The molecule has 3 N–H and O–H groups in total. The van der Waals surface area contributed by atoms with Crippen molar-refractivity contribution in [1.29, 1.82) is 0 Å². The van der Waals surface area contributed by atoms with Crippen LogP contribution in [0, 0.1) is 0 Å². The fraction of sp³-hybridized carbons (Fsp3) is 0.304. The van der Waals surface area contributed by atoms with Crippen molar-refractivity contribution in [1.82, 2.24) is 4.57 Å². The van der Waals surface area contributed by atoms with Gasteiger partial charge >= 0.3 is 0 Å². The van der Waals surface area contributed by atoms with Gasteiger partial charge in [-0.2, -0.15) is 0 Å². The van der Waals surface area contributed by atoms with Crippen molar-refractivity contribution in [3.8, 4) is 0 Å². The first-order valence-electron chi connectivity index (χ1n) is 10.1. The minimum atomic E-state index is -0.135. The second kappa shape index (κ2) is 8.25. The molecule has 0 saturated heterocycles. The van der Waals surface area contributed by atoms with E-state index in [1.165, 1.54) is 16.9 Å². The van der Waals surface area contributed by atoms with Gasteiger partial charge in [0.25, 0.3) is 5.91 Å². The second-order valence-corrected chi connectivity index (χ2v) is 8.39. The maximum absolute atomic E-state index is 12.7. The highest BCUT2D eigenvalue weighted by Gasteiger charge is 2.20. The van der Waals surface area contributed by atoms with E-state index >= 15 is 0 Å². The number of hydrogen-bond donors (Lipinski definition) is 2. The Bertz CT molecular complexity index is 1140. The summed E-state index contributed by atoms with van der Waals surface area (Å²) in [6, 6.07) is 11.9. The molecular weight excluding hydrogens is 380 g/mol. The minimum Gasteiger partial charge on any atom is -0.394 e. The number of benzene rings is 1. The molecule has 0 spiro atoms. The zero-order chi connectivity index (χ0) is 20.4. The molecule has 29 heavy (non-hydrogen) atoms. The van der Waals surface area contributed by atoms with Crippen LogP contribution < -0.4 is 21.8 Å². The number of para-hydroxylation sites is 1. The van der Waals surface area contributed by atoms with Crippen LogP contribution >= 0.6 is 11.3 Å². The highest BCUT2D eigenvalue weighted by molar-refractivity contribution is 7.12. The molecule has 3 heterocycles. The standard InChI is InChI=1S/C23H26N4OS/c1-3-4-13-27-18-12-11-15(2)16-8-5-6-9-17(16)25-21(18)20(24)22(27)26-23(28)19-10-7-14-29-19/h5-10,12,14-15H,3-4,11,13,24H2,1-2H3,(H,26,28). The predicted molar refractivity (Wildman–Crippen MR) is 120 cm³/mol. The summed E-state index contributed by atoms with van der Waals surface area (Å²) in [7, 11) is 0. The fourth-order valence-electron chi connectivity index (χ4n) is 3.77. The van der Waals surface area contributed by atoms with Crippen LogP contribution in [0.5, 0.6) is 0 Å². The van der Waals surface area contributed by atoms with Crippen molar-refractivity contribution in [3.05, 3.63) is 62.9 Å². The fourth-order valence-corrected chi connectivity index (χ4v) is 4.39. The summed E-state index contributed by atoms with van der Waals surface area (Å²) in [6.07, 6.45) is 5.17. The summed E-state index contributed by atoms with van der Waals surface area (Å²) in [4.78, 5) is 18.4. The molecule has 0 bridgehead atoms. The maximum atomic E-state index is 12.7. The zero-order valence-corrected chi connectivity index (χ0v) is 17.6. The number of nitrogen functional groups attached to an aromatic ring is 1. The number of unbranched alkanes of at least 4 members (excludes halogenated alkanes) is 1. The van der Waals surface area contributed by atoms with Crippen LogP contribution in [-0.2, 0) is 6.54 Å². The lowest BCUT2D eigenvalue weighted by molar-refractivity contribution is 0.102. The summed E-state index contributed by atoms with van der Waals surface area (Å²) in [5.74, 6) is 0.876. The first-order chi connectivity index (χ1) is 14.1. The largest absolute Gasteiger partial charge is 0.394 e. The monoisotopic (exact) mass is 406 g/mol. The van der Waals surface area contributed by atoms with E-state index in [2.05, 4.69) is 41.9 Å². The number of nitrogens with one attached hydrogen (secondary N) is 1. The Morgan fingerprint density at radius 3 is 2.90 bits per heavy atom. The van der Waals surface area contributed by atoms with Gasteiger partial charge in [0.2, 0.25) is 0 Å². The third-order valence-corrected chi connectivity index (χ3v) is 6.26. The Kier molecular flexibility index (Phi) is 5.53. The number of carbonyl (C=O) groups excluding carboxylic acids is 1. The normalized spacial score (nSPS) is 15.3. The van der Waals surface area contributed by atoms with Crippen LogP contribution in [0.3, 0.4) is 0 Å². The quantitative estimate of drug-likeness (QED) is 0.658. The number of nitrogens with zero attached hydrogens (tertiary/aromatic N) is 2. The van der Waals surface area contributed by atoms with Crippen LogP contribution in [0.2, 0.25) is 0 Å². The number of hydrogen-bond acceptors (Lipinski definition) is 4. The van der Waals surface area contributed by atoms with Gasteiger partial charge in [0, 0.05) is 6.54 Å². The average Bonchev–Trinajstić information content (AvgIpc) is 3.33. The number of rotatable bonds is 5. The van der Waals surface area contributed by atoms with Crippen LogP contribution in [0.25, 0.3) is 6.08 Å². The highest BCUT2D eigenvalue weighted by Crippen LogP contribution is 2.30. The topological polar surface area (TPSA) is 72.4 Å². The Labute approximate surface area is 174 Å². The number of amides is 1. The van der Waals surface area contributed by atoms with E-state index in [0.717, 1.165) is 42.2 Å². The molecule has 0 fully saturated rings. The Balaban J connectivity index is 1.90. The van der Waals surface area contributed by atoms with Gasteiger partial charge in [0.1, 0.15) is 16.9 Å². The second-order valence-electron chi connectivity index (χ2n) is 7.44. The Morgan fingerprint density at radius 2 is 2.14 bits per heavy atom. The number of thiophene rings is 1. The molecule has 1 aromatic carbocycles. The van der Waals surface area contributed by atoms with Gasteiger partial charge in [-0.05, 0) is 41.8 Å². The molecule has 1 atom stereocenters. The highest BCUT2D eigenvalue weighted by atomic mass is 32.1. The molecule has 150 valence electrons. The zero-order valence-electron chi connectivity index (χ0n) is 16.8. The van der Waals surface area contributed by atoms with Gasteiger partial charge in [0.15, 0.2) is 0 Å². The van der Waals surface area contributed by atoms with Crippen LogP contribution in [0.1, 0.15) is 54.3 Å². The van der Waals surface area contributed by atoms with E-state index in [1.54, 1.807) is 0 Å². The minimum absolute atomic E-state index is 0.135. The van der Waals surface area contributed by atoms with Crippen molar-refractivity contribution in [3.63, 3.8) is 0 Å². The Hall–Kier alpha value is -2.86. The molecule has 6 heteroatoms. The molecular formula is C23H26N4OS. The SMILES string of the molecule is CCCCn1c(NC(=O)c2cccs2)c(N)c2c1=CCC(C)c1ccccc1N=2. The van der Waals surface area contributed by atoms with E-state index in [4.69, 9.17) is 10.7 Å². The smallest absolute Gasteiger partial charge is 0.266 e. The van der Waals surface area contributed by atoms with Crippen molar-refractivity contribution in [2.45, 2.75) is 45.6 Å². The van der Waals surface area contributed by atoms with Crippen molar-refractivity contribution < 1.29 is 4.79 Å². The third kappa shape index (κ3) is 3.72. The average molecular weight is 407 g/mol. The lowest BCUT2D eigenvalue weighted by Crippen LogP contribution is -2.31. The number of nitrogens with two attached hydrogens (primary N) is 1. The summed E-state index contributed by atoms with van der Waals surface area (Å²) < 4.78 is 2.13. The molecule has 5 nitrogen and oxygen atoms in total. The van der Waals surface area contributed by atoms with Gasteiger partial charge in [-0.25, -0.2) is 4.99 Å². The van der Waals surface area contributed by atoms with Crippen LogP contribution in [0.15, 0.2) is 46.8 Å². The van der Waals surface area contributed by atoms with Crippen molar-refractivity contribution in [2.75, 3.05) is 11.1 Å². The number of carbonyl (C=O) groups is 1. The molecule has 1 amide bonds. The molecule has 0 radical (unpaired) electrons. The molecule has 4 rings (SSSR count). The van der Waals surface area contributed by atoms with E-state index in [1.807, 2.05) is 29.6 Å². The van der Waals surface area contributed by atoms with Crippen LogP contribution in [0.4, 0.5) is 17.2 Å². The summed E-state index contributed by atoms with van der Waals surface area (Å²) in [6.45, 7) is 5.17. The van der Waals surface area contributed by atoms with E-state index in [0.29, 0.717) is 22.3 Å². The molecule has 0 saturated carbocycles. The van der Waals surface area contributed by atoms with Gasteiger partial charge in [-0.1, -0.05) is 50.6 Å². The molecule has 0 aliphatic carbocycles.